The van der Waals surface area contributed by atoms with E-state index >= 15 is 0 Å². The first-order valence-corrected chi connectivity index (χ1v) is 18.1. The second kappa shape index (κ2) is 20.9. The van der Waals surface area contributed by atoms with E-state index in [1.165, 1.54) is 0 Å². The minimum atomic E-state index is -3.25. The predicted molar refractivity (Wildman–Crippen MR) is 215 cm³/mol. The van der Waals surface area contributed by atoms with E-state index in [0.717, 1.165) is 0 Å². The summed E-state index contributed by atoms with van der Waals surface area (Å²) >= 11 is 0. The molecule has 388 valence electrons. The lowest BCUT2D eigenvalue weighted by Gasteiger charge is -2.20. The normalized spacial score (nSPS) is 10.4. The molecule has 0 aliphatic heterocycles. The number of hydrogen-bond acceptors (Lipinski definition) is 22. The molecule has 0 spiro atoms. The van der Waals surface area contributed by atoms with Gasteiger partial charge in [-0.15, -0.1) is 0 Å². The number of benzene rings is 3. The van der Waals surface area contributed by atoms with E-state index in [-0.39, 0.29) is 0 Å². The van der Waals surface area contributed by atoms with E-state index < -0.39 is 219 Å². The van der Waals surface area contributed by atoms with Crippen molar-refractivity contribution in [2.24, 2.45) is 0 Å². The van der Waals surface area contributed by atoms with Crippen LogP contribution in [0.1, 0.15) is 193 Å². The van der Waals surface area contributed by atoms with Crippen molar-refractivity contribution in [3.05, 3.63) is 112 Å². The van der Waals surface area contributed by atoms with Crippen LogP contribution in [-0.2, 0) is 19.0 Å². The van der Waals surface area contributed by atoms with Gasteiger partial charge in [0.25, 0.3) is 0 Å². The van der Waals surface area contributed by atoms with Gasteiger partial charge < -0.3 is 80.6 Å². The fourth-order valence-electron chi connectivity index (χ4n) is 6.65. The predicted octanol–water partition coefficient (Wildman–Crippen LogP) is 0.0171. The van der Waals surface area contributed by atoms with Gasteiger partial charge in [0.1, 0.15) is 0 Å². The number of carbonyl (C=O) groups is 19. The Labute approximate surface area is 404 Å². The first-order valence-electron chi connectivity index (χ1n) is 18.1. The van der Waals surface area contributed by atoms with Gasteiger partial charge in [-0.1, -0.05) is 6.58 Å². The Hall–Kier alpha value is -12.1. The second-order valence-corrected chi connectivity index (χ2v) is 13.5. The lowest BCUT2D eigenvalue weighted by molar-refractivity contribution is -0.133. The highest BCUT2D eigenvalue weighted by Gasteiger charge is 2.47. The molecule has 0 fully saturated rings. The number of hydrogen-bond donors (Lipinski definition) is 13. The van der Waals surface area contributed by atoms with Crippen LogP contribution < -0.4 is 0 Å². The highest BCUT2D eigenvalue weighted by molar-refractivity contribution is 6.29. The third kappa shape index (κ3) is 10.2. The number of ether oxygens (including phenoxy) is 3. The van der Waals surface area contributed by atoms with Gasteiger partial charge in [0.15, 0.2) is 0 Å². The Morgan fingerprint density at radius 3 is 0.467 bits per heavy atom. The molecule has 0 aliphatic carbocycles. The SMILES string of the molecule is C=C(C)C(=O)OC(=O)c1c(C(=O)O)c(C(=O)O)c(C(=O)O)c(C(=O)OC(=O)c2c(C(=O)O)c(C(=O)O)c(C(=O)O)c(C(=O)O)c2C(=O)O)c1C(=O)OC(=O)c1c(C(=O)O)c(C(=O)O)c(C(=O)O)c(C(=O)O)c1C(=O)O. The summed E-state index contributed by atoms with van der Waals surface area (Å²) in [7, 11) is 0. The monoisotopic (exact) mass is 1060 g/mol. The summed E-state index contributed by atoms with van der Waals surface area (Å²) in [6.07, 6.45) is 0. The van der Waals surface area contributed by atoms with Crippen LogP contribution in [0, 0.1) is 0 Å². The summed E-state index contributed by atoms with van der Waals surface area (Å²) in [6.45, 7) is 3.70. The van der Waals surface area contributed by atoms with Gasteiger partial charge in [0.2, 0.25) is 0 Å². The summed E-state index contributed by atoms with van der Waals surface area (Å²) in [5.41, 5.74) is -45.0. The quantitative estimate of drug-likeness (QED) is 0.0326. The number of carboxylic acids is 13. The Balaban J connectivity index is 2.86. The fraction of sp³-hybridized carbons (Fsp3) is 0.0250. The average Bonchev–Trinajstić information content (AvgIpc) is 3.27. The molecule has 0 amide bonds. The number of carbonyl (C=O) groups excluding carboxylic acids is 6. The molecule has 0 unspecified atom stereocenters. The molecule has 3 aromatic carbocycles. The van der Waals surface area contributed by atoms with Crippen molar-refractivity contribution in [3.8, 4) is 0 Å². The van der Waals surface area contributed by atoms with E-state index in [1.54, 1.807) is 0 Å². The standard InChI is InChI=1S/C40H18O35/c1-3(2)35(67)73-38(70)19-15(33(63)64)10(28(53)54)16(34(65)66)20(39(71)74-36(68)17-11(29(55)56)6(24(45)46)4(22(41)42)7(25(47)48)12(17)30(57)58)21(19)40(72)75-37(69)18-13(31(59)60)8(26(49)50)5(23(43)44)9(27(51)52)14(18)32(61)62/h1H2,2H3,(H,41,42)(H,43,44)(H,45,46)(H,47,48)(H,49,50)(H,51,52)(H,53,54)(H,55,56)(H,57,58)(H,59,60)(H,61,62)(H,63,64)(H,65,66). The van der Waals surface area contributed by atoms with Gasteiger partial charge in [-0.05, 0) is 6.92 Å². The van der Waals surface area contributed by atoms with E-state index in [1.807, 2.05) is 0 Å². The van der Waals surface area contributed by atoms with Gasteiger partial charge in [0.05, 0.1) is 100 Å². The van der Waals surface area contributed by atoms with Crippen LogP contribution in [0.5, 0.6) is 0 Å². The summed E-state index contributed by atoms with van der Waals surface area (Å²) in [5.74, 6) is -55.1. The summed E-state index contributed by atoms with van der Waals surface area (Å²) in [4.78, 5) is 245. The molecule has 0 heterocycles. The molecule has 0 aliphatic rings. The van der Waals surface area contributed by atoms with E-state index in [9.17, 15) is 157 Å². The highest BCUT2D eigenvalue weighted by atomic mass is 16.6. The smallest absolute Gasteiger partial charge is 0.347 e. The van der Waals surface area contributed by atoms with Crippen molar-refractivity contribution < 1.29 is 172 Å². The topological polar surface area (TPSA) is 615 Å². The lowest BCUT2D eigenvalue weighted by Crippen LogP contribution is -2.33. The molecule has 0 aromatic heterocycles. The molecule has 13 N–H and O–H groups in total. The third-order valence-corrected chi connectivity index (χ3v) is 9.21. The zero-order valence-electron chi connectivity index (χ0n) is 35.5. The Bertz CT molecular complexity index is 3320. The number of rotatable bonds is 19. The molecule has 3 aromatic rings. The van der Waals surface area contributed by atoms with E-state index in [0.29, 0.717) is 6.92 Å². The minimum Gasteiger partial charge on any atom is -0.478 e. The van der Waals surface area contributed by atoms with Crippen molar-refractivity contribution in [1.82, 2.24) is 0 Å². The van der Waals surface area contributed by atoms with Crippen LogP contribution >= 0.6 is 0 Å². The second-order valence-electron chi connectivity index (χ2n) is 13.5. The average molecular weight is 1060 g/mol. The summed E-state index contributed by atoms with van der Waals surface area (Å²) in [6, 6.07) is 0. The van der Waals surface area contributed by atoms with E-state index in [4.69, 9.17) is 0 Å². The summed E-state index contributed by atoms with van der Waals surface area (Å²) < 4.78 is 12.8. The van der Waals surface area contributed by atoms with Crippen molar-refractivity contribution in [1.29, 1.82) is 0 Å². The van der Waals surface area contributed by atoms with Crippen molar-refractivity contribution in [2.45, 2.75) is 6.92 Å². The minimum absolute atomic E-state index is 0.698. The maximum atomic E-state index is 14.3. The van der Waals surface area contributed by atoms with Crippen LogP contribution in [0.15, 0.2) is 12.2 Å². The van der Waals surface area contributed by atoms with E-state index in [2.05, 4.69) is 20.8 Å². The maximum Gasteiger partial charge on any atom is 0.347 e. The van der Waals surface area contributed by atoms with Gasteiger partial charge in [0, 0.05) is 5.57 Å². The number of carboxylic acid groups (broad SMARTS) is 13. The van der Waals surface area contributed by atoms with Crippen LogP contribution in [0.2, 0.25) is 0 Å². The molecule has 0 saturated carbocycles. The molecule has 0 saturated heterocycles. The maximum absolute atomic E-state index is 14.3. The van der Waals surface area contributed by atoms with Gasteiger partial charge in [-0.25, -0.2) is 91.1 Å². The van der Waals surface area contributed by atoms with Crippen molar-refractivity contribution in [2.75, 3.05) is 0 Å². The molecule has 0 bridgehead atoms. The zero-order chi connectivity index (χ0) is 58.1. The zero-order valence-corrected chi connectivity index (χ0v) is 35.5. The van der Waals surface area contributed by atoms with Crippen LogP contribution in [0.25, 0.3) is 0 Å². The first-order chi connectivity index (χ1) is 34.4. The Morgan fingerprint density at radius 1 is 0.227 bits per heavy atom. The van der Waals surface area contributed by atoms with Crippen LogP contribution in [0.4, 0.5) is 0 Å². The van der Waals surface area contributed by atoms with Gasteiger partial charge >= 0.3 is 113 Å². The van der Waals surface area contributed by atoms with Crippen LogP contribution in [-0.4, -0.2) is 180 Å². The molecule has 35 nitrogen and oxygen atoms in total. The third-order valence-electron chi connectivity index (χ3n) is 9.21. The molecule has 0 atom stereocenters. The molecule has 75 heavy (non-hydrogen) atoms. The molecular formula is C40H18O35. The molecule has 0 radical (unpaired) electrons. The first kappa shape index (κ1) is 57.2. The van der Waals surface area contributed by atoms with Crippen molar-refractivity contribution >= 4 is 113 Å². The lowest BCUT2D eigenvalue weighted by atomic mass is 9.85. The van der Waals surface area contributed by atoms with Crippen LogP contribution in [0.3, 0.4) is 0 Å². The molecule has 3 rings (SSSR count). The largest absolute Gasteiger partial charge is 0.478 e. The number of aromatic carboxylic acids is 13. The van der Waals surface area contributed by atoms with Gasteiger partial charge in [-0.2, -0.15) is 0 Å². The molecular weight excluding hydrogens is 1040 g/mol. The van der Waals surface area contributed by atoms with Gasteiger partial charge in [-0.3, -0.25) is 0 Å². The number of esters is 6. The Morgan fingerprint density at radius 2 is 0.333 bits per heavy atom. The highest BCUT2D eigenvalue weighted by Crippen LogP contribution is 2.36. The summed E-state index contributed by atoms with van der Waals surface area (Å²) in [5, 5.41) is 129. The van der Waals surface area contributed by atoms with Crippen molar-refractivity contribution in [3.63, 3.8) is 0 Å². The fourth-order valence-corrected chi connectivity index (χ4v) is 6.65. The Kier molecular flexibility index (Phi) is 15.9. The molecule has 35 heteroatoms.